The number of fused-ring (bicyclic) bond motifs is 1. The van der Waals surface area contributed by atoms with Crippen molar-refractivity contribution in [2.75, 3.05) is 12.3 Å². The normalized spacial score (nSPS) is 25.1. The summed E-state index contributed by atoms with van der Waals surface area (Å²) in [4.78, 5) is 57.9. The van der Waals surface area contributed by atoms with E-state index < -0.39 is 53.0 Å². The Morgan fingerprint density at radius 3 is 2.40 bits per heavy atom. The third kappa shape index (κ3) is 4.64. The van der Waals surface area contributed by atoms with Gasteiger partial charge in [0.05, 0.1) is 19.0 Å². The summed E-state index contributed by atoms with van der Waals surface area (Å²) >= 11 is 0. The smallest absolute Gasteiger partial charge is 0.355 e. The largest absolute Gasteiger partial charge is 0.390 e. The number of hydrogen-bond donors (Lipinski definition) is 7. The quantitative estimate of drug-likeness (QED) is 0.228. The van der Waals surface area contributed by atoms with E-state index in [9.17, 15) is 23.7 Å². The van der Waals surface area contributed by atoms with Gasteiger partial charge in [-0.05, 0) is 0 Å². The van der Waals surface area contributed by atoms with Crippen molar-refractivity contribution in [3.05, 3.63) is 12.7 Å². The second-order valence-corrected chi connectivity index (χ2v) is 12.9. The minimum absolute atomic E-state index is 0.0421. The molecular weight excluding hydrogens is 471 g/mol. The van der Waals surface area contributed by atoms with Crippen molar-refractivity contribution in [3.63, 3.8) is 0 Å². The Labute approximate surface area is 167 Å². The summed E-state index contributed by atoms with van der Waals surface area (Å²) in [5, 5.41) is 6.91. The average Bonchev–Trinajstić information content (AvgIpc) is 3.14. The molecule has 19 heteroatoms. The van der Waals surface area contributed by atoms with Gasteiger partial charge in [-0.25, -0.2) is 15.0 Å². The number of imidazole rings is 1. The maximum atomic E-state index is 12.2. The van der Waals surface area contributed by atoms with Crippen molar-refractivity contribution in [3.8, 4) is 0 Å². The van der Waals surface area contributed by atoms with Gasteiger partial charge in [0, 0.05) is 6.42 Å². The molecular formula is C11H18N5O11P3. The number of aliphatic hydroxyl groups excluding tert-OH is 1. The summed E-state index contributed by atoms with van der Waals surface area (Å²) in [6.45, 7) is -0.883. The van der Waals surface area contributed by atoms with E-state index in [4.69, 9.17) is 30.0 Å². The molecule has 1 unspecified atom stereocenters. The van der Waals surface area contributed by atoms with Gasteiger partial charge in [0.25, 0.3) is 5.14 Å². The summed E-state index contributed by atoms with van der Waals surface area (Å²) < 4.78 is 46.3. The van der Waals surface area contributed by atoms with Gasteiger partial charge in [-0.2, -0.15) is 0 Å². The molecule has 1 saturated heterocycles. The number of aromatic nitrogens is 4. The highest BCUT2D eigenvalue weighted by Gasteiger charge is 2.57. The Morgan fingerprint density at radius 1 is 1.17 bits per heavy atom. The molecule has 0 radical (unpaired) electrons. The van der Waals surface area contributed by atoms with Crippen LogP contribution in [-0.2, 0) is 23.0 Å². The molecule has 1 fully saturated rings. The number of anilines is 1. The lowest BCUT2D eigenvalue weighted by Gasteiger charge is -2.25. The van der Waals surface area contributed by atoms with E-state index in [0.29, 0.717) is 0 Å². The number of nitrogen functional groups attached to an aromatic ring is 1. The van der Waals surface area contributed by atoms with Crippen LogP contribution in [-0.4, -0.2) is 73.0 Å². The zero-order valence-corrected chi connectivity index (χ0v) is 17.5. The van der Waals surface area contributed by atoms with E-state index in [-0.39, 0.29) is 23.4 Å². The van der Waals surface area contributed by atoms with Crippen LogP contribution in [0, 0.1) is 0 Å². The van der Waals surface area contributed by atoms with Crippen molar-refractivity contribution in [2.24, 2.45) is 0 Å². The molecule has 0 bridgehead atoms. The first-order valence-electron chi connectivity index (χ1n) is 8.06. The van der Waals surface area contributed by atoms with E-state index in [1.807, 2.05) is 0 Å². The fourth-order valence-electron chi connectivity index (χ4n) is 2.94. The average molecular weight is 489 g/mol. The molecule has 0 amide bonds. The van der Waals surface area contributed by atoms with Crippen molar-refractivity contribution in [1.29, 1.82) is 0 Å². The summed E-state index contributed by atoms with van der Waals surface area (Å²) in [5.74, 6) is 0.110. The Morgan fingerprint density at radius 2 is 1.80 bits per heavy atom. The molecule has 8 N–H and O–H groups in total. The highest BCUT2D eigenvalue weighted by Crippen LogP contribution is 2.75. The molecule has 16 nitrogen and oxygen atoms in total. The minimum Gasteiger partial charge on any atom is -0.390 e. The van der Waals surface area contributed by atoms with Crippen LogP contribution in [0.5, 0.6) is 0 Å². The van der Waals surface area contributed by atoms with E-state index in [1.54, 1.807) is 0 Å². The van der Waals surface area contributed by atoms with Gasteiger partial charge in [-0.15, -0.1) is 0 Å². The molecule has 0 aliphatic carbocycles. The topological polar surface area (TPSA) is 261 Å². The summed E-state index contributed by atoms with van der Waals surface area (Å²) in [6, 6.07) is 0. The first-order valence-corrected chi connectivity index (χ1v) is 13.1. The number of rotatable bonds is 7. The molecule has 4 atom stereocenters. The van der Waals surface area contributed by atoms with Crippen LogP contribution in [0.1, 0.15) is 12.6 Å². The van der Waals surface area contributed by atoms with E-state index in [0.717, 1.165) is 0 Å². The standard InChI is InChI=1S/C11H18N5O11P3/c12-9-8-10(14-3-13-9)16(4-15-8)7-1-5(17)6(27-7)2-26-30(24,25)11(28(18,19)20)29(21,22)23/h3-7,11,17H,1-2H2,(H,24,25)(H2,12,13,14)(H2,18,19,20)(H2,21,22,23)/t5-,6+,7+/m0/s1. The molecule has 30 heavy (non-hydrogen) atoms. The first kappa shape index (κ1) is 23.4. The summed E-state index contributed by atoms with van der Waals surface area (Å²) in [7, 11) is -17.0. The van der Waals surface area contributed by atoms with Gasteiger partial charge >= 0.3 is 22.8 Å². The van der Waals surface area contributed by atoms with Gasteiger partial charge in [0.1, 0.15) is 24.2 Å². The number of ether oxygens (including phenoxy) is 1. The van der Waals surface area contributed by atoms with Crippen LogP contribution in [0.25, 0.3) is 11.2 Å². The highest BCUT2D eigenvalue weighted by atomic mass is 31.3. The number of nitrogens with zero attached hydrogens (tertiary/aromatic N) is 4. The number of nitrogens with two attached hydrogens (primary N) is 1. The second kappa shape index (κ2) is 8.01. The Balaban J connectivity index is 1.75. The lowest BCUT2D eigenvalue weighted by atomic mass is 10.2. The predicted molar refractivity (Wildman–Crippen MR) is 97.9 cm³/mol. The molecule has 2 aromatic rings. The van der Waals surface area contributed by atoms with E-state index in [2.05, 4.69) is 19.5 Å². The van der Waals surface area contributed by atoms with E-state index in [1.165, 1.54) is 17.2 Å². The maximum absolute atomic E-state index is 12.2. The molecule has 1 aliphatic heterocycles. The monoisotopic (exact) mass is 489 g/mol. The molecule has 0 aromatic carbocycles. The zero-order valence-electron chi connectivity index (χ0n) is 14.8. The van der Waals surface area contributed by atoms with Gasteiger partial charge in [-0.3, -0.25) is 18.3 Å². The molecule has 1 aliphatic rings. The third-order valence-electron chi connectivity index (χ3n) is 4.22. The Bertz CT molecular complexity index is 1060. The van der Waals surface area contributed by atoms with Gasteiger partial charge < -0.3 is 44.6 Å². The van der Waals surface area contributed by atoms with Crippen molar-refractivity contribution in [1.82, 2.24) is 19.5 Å². The predicted octanol–water partition coefficient (Wildman–Crippen LogP) is -1.10. The van der Waals surface area contributed by atoms with Crippen molar-refractivity contribution >= 4 is 39.8 Å². The van der Waals surface area contributed by atoms with Crippen LogP contribution in [0.15, 0.2) is 12.7 Å². The molecule has 168 valence electrons. The Hall–Kier alpha value is -1.28. The lowest BCUT2D eigenvalue weighted by Crippen LogP contribution is -2.27. The number of aliphatic hydroxyl groups is 1. The van der Waals surface area contributed by atoms with Crippen molar-refractivity contribution in [2.45, 2.75) is 30.0 Å². The first-order chi connectivity index (χ1) is 13.7. The Kier molecular flexibility index (Phi) is 6.24. The molecule has 2 aromatic heterocycles. The maximum Gasteiger partial charge on any atom is 0.355 e. The van der Waals surface area contributed by atoms with Crippen molar-refractivity contribution < 1.29 is 52.5 Å². The summed E-state index contributed by atoms with van der Waals surface area (Å²) in [6.07, 6.45) is -0.903. The molecule has 0 spiro atoms. The van der Waals surface area contributed by atoms with Crippen LogP contribution in [0.3, 0.4) is 0 Å². The van der Waals surface area contributed by atoms with Crippen LogP contribution in [0.4, 0.5) is 5.82 Å². The van der Waals surface area contributed by atoms with Gasteiger partial charge in [0.2, 0.25) is 0 Å². The highest BCUT2D eigenvalue weighted by molar-refractivity contribution is 7.87. The minimum atomic E-state index is -5.72. The molecule has 0 saturated carbocycles. The lowest BCUT2D eigenvalue weighted by molar-refractivity contribution is -0.0396. The zero-order chi connectivity index (χ0) is 22.5. The molecule has 3 rings (SSSR count). The van der Waals surface area contributed by atoms with Gasteiger partial charge in [-0.1, -0.05) is 0 Å². The second-order valence-electron chi connectivity index (χ2n) is 6.40. The van der Waals surface area contributed by atoms with Crippen LogP contribution < -0.4 is 5.73 Å². The third-order valence-corrected chi connectivity index (χ3v) is 11.9. The SMILES string of the molecule is Nc1ncnc2c1ncn2[C@H]1C[C@H](O)[C@@H](COP(=O)(O)C(P(=O)(O)O)P(=O)(O)O)O1. The number of hydrogen-bond acceptors (Lipinski definition) is 10. The fourth-order valence-corrected chi connectivity index (χ4v) is 8.44. The van der Waals surface area contributed by atoms with E-state index >= 15 is 0 Å². The fraction of sp³-hybridized carbons (Fsp3) is 0.545. The summed E-state index contributed by atoms with van der Waals surface area (Å²) in [5.41, 5.74) is 6.26. The van der Waals surface area contributed by atoms with Crippen LogP contribution >= 0.6 is 22.8 Å². The van der Waals surface area contributed by atoms with Crippen LogP contribution in [0.2, 0.25) is 0 Å². The van der Waals surface area contributed by atoms with Gasteiger partial charge in [0.15, 0.2) is 11.5 Å². The molecule has 3 heterocycles.